The van der Waals surface area contributed by atoms with Crippen LogP contribution in [0, 0.1) is 6.92 Å². The molecule has 0 spiro atoms. The maximum atomic E-state index is 11.3. The molecule has 2 N–H and O–H groups in total. The number of aryl methyl sites for hydroxylation is 1. The van der Waals surface area contributed by atoms with Gasteiger partial charge in [0.05, 0.1) is 0 Å². The van der Waals surface area contributed by atoms with Crippen LogP contribution in [0.2, 0.25) is 0 Å². The minimum atomic E-state index is 0.0174. The molecule has 0 saturated carbocycles. The number of nitrogens with zero attached hydrogens (tertiary/aromatic N) is 1. The summed E-state index contributed by atoms with van der Waals surface area (Å²) >= 11 is 0. The molecule has 0 aliphatic rings. The lowest BCUT2D eigenvalue weighted by Gasteiger charge is -2.11. The van der Waals surface area contributed by atoms with Crippen LogP contribution in [-0.4, -0.2) is 10.6 Å². The Bertz CT molecular complexity index is 315. The van der Waals surface area contributed by atoms with Gasteiger partial charge in [-0.05, 0) is 19.9 Å². The molecule has 1 aromatic heterocycles. The highest BCUT2D eigenvalue weighted by molar-refractivity contribution is 5.04. The molecular weight excluding hydrogens is 152 g/mol. The summed E-state index contributed by atoms with van der Waals surface area (Å²) in [6, 6.07) is 5.23. The van der Waals surface area contributed by atoms with Crippen molar-refractivity contribution in [2.75, 3.05) is 0 Å². The normalized spacial score (nSPS) is 12.9. The molecule has 0 unspecified atom stereocenters. The fourth-order valence-corrected chi connectivity index (χ4v) is 1.15. The average molecular weight is 166 g/mol. The Kier molecular flexibility index (Phi) is 2.65. The van der Waals surface area contributed by atoms with E-state index >= 15 is 0 Å². The molecule has 3 nitrogen and oxygen atoms in total. The first-order chi connectivity index (χ1) is 5.61. The summed E-state index contributed by atoms with van der Waals surface area (Å²) in [5.74, 6) is 0. The molecule has 0 aromatic carbocycles. The first-order valence-electron chi connectivity index (χ1n) is 4.03. The van der Waals surface area contributed by atoms with E-state index in [1.807, 2.05) is 19.9 Å². The molecule has 12 heavy (non-hydrogen) atoms. The lowest BCUT2D eigenvalue weighted by Crippen LogP contribution is -2.30. The van der Waals surface area contributed by atoms with E-state index in [-0.39, 0.29) is 11.6 Å². The van der Waals surface area contributed by atoms with Gasteiger partial charge in [-0.15, -0.1) is 0 Å². The Morgan fingerprint density at radius 2 is 2.25 bits per heavy atom. The van der Waals surface area contributed by atoms with Crippen molar-refractivity contribution in [1.82, 2.24) is 4.57 Å². The van der Waals surface area contributed by atoms with Gasteiger partial charge < -0.3 is 10.3 Å². The predicted molar refractivity (Wildman–Crippen MR) is 49.1 cm³/mol. The molecule has 0 aliphatic heterocycles. The minimum absolute atomic E-state index is 0.0174. The summed E-state index contributed by atoms with van der Waals surface area (Å²) in [6.45, 7) is 4.38. The second kappa shape index (κ2) is 3.54. The van der Waals surface area contributed by atoms with Gasteiger partial charge in [0.2, 0.25) is 0 Å². The van der Waals surface area contributed by atoms with Gasteiger partial charge in [-0.2, -0.15) is 0 Å². The number of nitrogens with two attached hydrogens (primary N) is 1. The standard InChI is InChI=1S/C9H14N2O/c1-7(10)6-11-8(2)4-3-5-9(11)12/h3-5,7H,6,10H2,1-2H3/t7-/m1/s1. The third kappa shape index (κ3) is 1.95. The van der Waals surface area contributed by atoms with Gasteiger partial charge in [-0.25, -0.2) is 0 Å². The summed E-state index contributed by atoms with van der Waals surface area (Å²) in [6.07, 6.45) is 0. The summed E-state index contributed by atoms with van der Waals surface area (Å²) in [5, 5.41) is 0. The van der Waals surface area contributed by atoms with Gasteiger partial charge in [0.25, 0.3) is 5.56 Å². The molecule has 0 amide bonds. The quantitative estimate of drug-likeness (QED) is 0.695. The van der Waals surface area contributed by atoms with E-state index < -0.39 is 0 Å². The number of hydrogen-bond acceptors (Lipinski definition) is 2. The van der Waals surface area contributed by atoms with E-state index in [1.165, 1.54) is 0 Å². The maximum Gasteiger partial charge on any atom is 0.250 e. The van der Waals surface area contributed by atoms with Gasteiger partial charge in [0.15, 0.2) is 0 Å². The number of hydrogen-bond donors (Lipinski definition) is 1. The minimum Gasteiger partial charge on any atom is -0.326 e. The zero-order chi connectivity index (χ0) is 9.14. The van der Waals surface area contributed by atoms with Crippen molar-refractivity contribution in [3.8, 4) is 0 Å². The van der Waals surface area contributed by atoms with E-state index in [9.17, 15) is 4.79 Å². The second-order valence-corrected chi connectivity index (χ2v) is 3.09. The first kappa shape index (κ1) is 9.00. The lowest BCUT2D eigenvalue weighted by molar-refractivity contribution is 0.562. The number of pyridine rings is 1. The summed E-state index contributed by atoms with van der Waals surface area (Å²) in [7, 11) is 0. The van der Waals surface area contributed by atoms with Gasteiger partial charge in [-0.1, -0.05) is 6.07 Å². The predicted octanol–water partition coefficient (Wildman–Crippen LogP) is 0.504. The van der Waals surface area contributed by atoms with Crippen molar-refractivity contribution in [3.63, 3.8) is 0 Å². The molecule has 0 fully saturated rings. The Hall–Kier alpha value is -1.09. The van der Waals surface area contributed by atoms with Crippen molar-refractivity contribution < 1.29 is 0 Å². The molecule has 66 valence electrons. The van der Waals surface area contributed by atoms with Crippen molar-refractivity contribution in [3.05, 3.63) is 34.2 Å². The highest BCUT2D eigenvalue weighted by Gasteiger charge is 2.00. The maximum absolute atomic E-state index is 11.3. The zero-order valence-electron chi connectivity index (χ0n) is 7.45. The molecule has 1 atom stereocenters. The van der Waals surface area contributed by atoms with E-state index in [2.05, 4.69) is 0 Å². The monoisotopic (exact) mass is 166 g/mol. The molecule has 1 rings (SSSR count). The van der Waals surface area contributed by atoms with Crippen LogP contribution in [0.15, 0.2) is 23.0 Å². The topological polar surface area (TPSA) is 48.0 Å². The summed E-state index contributed by atoms with van der Waals surface area (Å²) in [4.78, 5) is 11.3. The van der Waals surface area contributed by atoms with Crippen LogP contribution in [0.1, 0.15) is 12.6 Å². The van der Waals surface area contributed by atoms with Crippen molar-refractivity contribution >= 4 is 0 Å². The lowest BCUT2D eigenvalue weighted by atomic mass is 10.3. The Labute approximate surface area is 71.8 Å². The van der Waals surface area contributed by atoms with E-state index in [0.29, 0.717) is 6.54 Å². The molecule has 0 radical (unpaired) electrons. The van der Waals surface area contributed by atoms with E-state index in [1.54, 1.807) is 16.7 Å². The molecule has 0 saturated heterocycles. The van der Waals surface area contributed by atoms with Crippen LogP contribution in [0.5, 0.6) is 0 Å². The van der Waals surface area contributed by atoms with Gasteiger partial charge >= 0.3 is 0 Å². The van der Waals surface area contributed by atoms with Crippen molar-refractivity contribution in [2.24, 2.45) is 5.73 Å². The highest BCUT2D eigenvalue weighted by Crippen LogP contribution is 1.94. The van der Waals surface area contributed by atoms with Crippen LogP contribution in [0.3, 0.4) is 0 Å². The van der Waals surface area contributed by atoms with Gasteiger partial charge in [0.1, 0.15) is 0 Å². The fourth-order valence-electron chi connectivity index (χ4n) is 1.15. The molecule has 3 heteroatoms. The van der Waals surface area contributed by atoms with Crippen LogP contribution in [0.4, 0.5) is 0 Å². The third-order valence-corrected chi connectivity index (χ3v) is 1.74. The average Bonchev–Trinajstić information content (AvgIpc) is 1.97. The molecular formula is C9H14N2O. The van der Waals surface area contributed by atoms with E-state index in [0.717, 1.165) is 5.69 Å². The number of aromatic nitrogens is 1. The van der Waals surface area contributed by atoms with Gasteiger partial charge in [0, 0.05) is 24.3 Å². The van der Waals surface area contributed by atoms with Crippen molar-refractivity contribution in [1.29, 1.82) is 0 Å². The zero-order valence-corrected chi connectivity index (χ0v) is 7.45. The SMILES string of the molecule is Cc1cccc(=O)n1C[C@@H](C)N. The largest absolute Gasteiger partial charge is 0.326 e. The Morgan fingerprint density at radius 1 is 1.58 bits per heavy atom. The second-order valence-electron chi connectivity index (χ2n) is 3.09. The molecule has 1 aromatic rings. The third-order valence-electron chi connectivity index (χ3n) is 1.74. The first-order valence-corrected chi connectivity index (χ1v) is 4.03. The molecule has 0 aliphatic carbocycles. The molecule has 0 bridgehead atoms. The van der Waals surface area contributed by atoms with Crippen LogP contribution in [-0.2, 0) is 6.54 Å². The fraction of sp³-hybridized carbons (Fsp3) is 0.444. The highest BCUT2D eigenvalue weighted by atomic mass is 16.1. The van der Waals surface area contributed by atoms with E-state index in [4.69, 9.17) is 5.73 Å². The van der Waals surface area contributed by atoms with Crippen LogP contribution >= 0.6 is 0 Å². The number of rotatable bonds is 2. The Balaban J connectivity index is 3.05. The van der Waals surface area contributed by atoms with Crippen molar-refractivity contribution in [2.45, 2.75) is 26.4 Å². The van der Waals surface area contributed by atoms with Crippen LogP contribution in [0.25, 0.3) is 0 Å². The summed E-state index contributed by atoms with van der Waals surface area (Å²) < 4.78 is 1.69. The Morgan fingerprint density at radius 3 is 2.75 bits per heavy atom. The molecule has 1 heterocycles. The van der Waals surface area contributed by atoms with Gasteiger partial charge in [-0.3, -0.25) is 4.79 Å². The summed E-state index contributed by atoms with van der Waals surface area (Å²) in [5.41, 5.74) is 6.58. The van der Waals surface area contributed by atoms with Crippen LogP contribution < -0.4 is 11.3 Å². The smallest absolute Gasteiger partial charge is 0.250 e.